The van der Waals surface area contributed by atoms with Crippen LogP contribution < -0.4 is 10.6 Å². The van der Waals surface area contributed by atoms with E-state index in [0.717, 1.165) is 56.9 Å². The van der Waals surface area contributed by atoms with Crippen molar-refractivity contribution >= 4 is 29.9 Å². The van der Waals surface area contributed by atoms with Gasteiger partial charge in [-0.25, -0.2) is 0 Å². The molecule has 0 radical (unpaired) electrons. The van der Waals surface area contributed by atoms with Gasteiger partial charge in [0.15, 0.2) is 5.96 Å². The quantitative estimate of drug-likeness (QED) is 0.315. The molecule has 2 rings (SSSR count). The monoisotopic (exact) mass is 453 g/mol. The number of guanidine groups is 1. The molecular formula is C18H36IN3O2. The Balaban J connectivity index is 0.00000288. The maximum atomic E-state index is 9.30. The van der Waals surface area contributed by atoms with Crippen molar-refractivity contribution in [2.75, 3.05) is 40.0 Å². The Morgan fingerprint density at radius 1 is 1.21 bits per heavy atom. The SMILES string of the molecule is CCC1CCC(CNC(=NC)NCC2(CCO)CCOC2)CC1.I. The predicted octanol–water partition coefficient (Wildman–Crippen LogP) is 2.77. The summed E-state index contributed by atoms with van der Waals surface area (Å²) < 4.78 is 5.54. The van der Waals surface area contributed by atoms with E-state index in [1.54, 1.807) is 0 Å². The first kappa shape index (κ1) is 22.0. The third-order valence-electron chi connectivity index (χ3n) is 5.78. The van der Waals surface area contributed by atoms with E-state index in [1.165, 1.54) is 32.1 Å². The van der Waals surface area contributed by atoms with Crippen molar-refractivity contribution in [2.24, 2.45) is 22.2 Å². The average Bonchev–Trinajstić information content (AvgIpc) is 3.05. The lowest BCUT2D eigenvalue weighted by molar-refractivity contribution is 0.127. The van der Waals surface area contributed by atoms with Crippen LogP contribution in [0.5, 0.6) is 0 Å². The van der Waals surface area contributed by atoms with Crippen LogP contribution in [-0.4, -0.2) is 51.0 Å². The zero-order valence-electron chi connectivity index (χ0n) is 15.4. The van der Waals surface area contributed by atoms with Gasteiger partial charge in [0.1, 0.15) is 0 Å². The van der Waals surface area contributed by atoms with Crippen LogP contribution in [0.2, 0.25) is 0 Å². The molecule has 142 valence electrons. The third kappa shape index (κ3) is 6.67. The Morgan fingerprint density at radius 2 is 1.92 bits per heavy atom. The van der Waals surface area contributed by atoms with Crippen molar-refractivity contribution in [1.82, 2.24) is 10.6 Å². The molecule has 6 heteroatoms. The second-order valence-corrected chi connectivity index (χ2v) is 7.38. The van der Waals surface area contributed by atoms with E-state index in [2.05, 4.69) is 22.5 Å². The van der Waals surface area contributed by atoms with Gasteiger partial charge in [-0.05, 0) is 37.5 Å². The molecule has 1 saturated carbocycles. The lowest BCUT2D eigenvalue weighted by atomic mass is 9.81. The van der Waals surface area contributed by atoms with E-state index in [4.69, 9.17) is 4.74 Å². The molecule has 1 aliphatic heterocycles. The number of aliphatic hydroxyl groups excluding tert-OH is 1. The van der Waals surface area contributed by atoms with Crippen LogP contribution in [0.15, 0.2) is 4.99 Å². The van der Waals surface area contributed by atoms with E-state index >= 15 is 0 Å². The highest BCUT2D eigenvalue weighted by atomic mass is 127. The molecular weight excluding hydrogens is 417 g/mol. The molecule has 1 atom stereocenters. The smallest absolute Gasteiger partial charge is 0.191 e. The lowest BCUT2D eigenvalue weighted by Crippen LogP contribution is -2.45. The fraction of sp³-hybridized carbons (Fsp3) is 0.944. The van der Waals surface area contributed by atoms with Crippen LogP contribution in [0.1, 0.15) is 51.9 Å². The van der Waals surface area contributed by atoms with Crippen molar-refractivity contribution in [1.29, 1.82) is 0 Å². The molecule has 1 heterocycles. The number of nitrogens with one attached hydrogen (secondary N) is 2. The summed E-state index contributed by atoms with van der Waals surface area (Å²) in [5.41, 5.74) is 0.0611. The summed E-state index contributed by atoms with van der Waals surface area (Å²) in [6.45, 7) is 5.89. The molecule has 1 saturated heterocycles. The largest absolute Gasteiger partial charge is 0.396 e. The van der Waals surface area contributed by atoms with Gasteiger partial charge in [-0.1, -0.05) is 26.2 Å². The van der Waals surface area contributed by atoms with E-state index in [-0.39, 0.29) is 36.0 Å². The maximum Gasteiger partial charge on any atom is 0.191 e. The standard InChI is InChI=1S/C18H35N3O2.HI/c1-3-15-4-6-16(7-5-15)12-20-17(19-2)21-13-18(8-10-22)9-11-23-14-18;/h15-16,22H,3-14H2,1-2H3,(H2,19,20,21);1H. The van der Waals surface area contributed by atoms with Gasteiger partial charge in [-0.15, -0.1) is 24.0 Å². The number of halogens is 1. The highest BCUT2D eigenvalue weighted by molar-refractivity contribution is 14.0. The van der Waals surface area contributed by atoms with Crippen molar-refractivity contribution in [3.05, 3.63) is 0 Å². The summed E-state index contributed by atoms with van der Waals surface area (Å²) in [6, 6.07) is 0. The molecule has 1 unspecified atom stereocenters. The first-order valence-corrected chi connectivity index (χ1v) is 9.34. The molecule has 2 fully saturated rings. The van der Waals surface area contributed by atoms with Gasteiger partial charge in [0.05, 0.1) is 6.61 Å². The van der Waals surface area contributed by atoms with Crippen molar-refractivity contribution in [3.8, 4) is 0 Å². The molecule has 0 aromatic carbocycles. The summed E-state index contributed by atoms with van der Waals surface area (Å²) in [5, 5.41) is 16.2. The summed E-state index contributed by atoms with van der Waals surface area (Å²) >= 11 is 0. The highest BCUT2D eigenvalue weighted by Crippen LogP contribution is 2.31. The second kappa shape index (κ2) is 11.5. The molecule has 5 nitrogen and oxygen atoms in total. The Morgan fingerprint density at radius 3 is 2.46 bits per heavy atom. The maximum absolute atomic E-state index is 9.30. The van der Waals surface area contributed by atoms with Gasteiger partial charge >= 0.3 is 0 Å². The molecule has 0 aromatic rings. The number of hydrogen-bond donors (Lipinski definition) is 3. The minimum Gasteiger partial charge on any atom is -0.396 e. The van der Waals surface area contributed by atoms with E-state index < -0.39 is 0 Å². The van der Waals surface area contributed by atoms with Crippen LogP contribution in [0.25, 0.3) is 0 Å². The lowest BCUT2D eigenvalue weighted by Gasteiger charge is -2.30. The molecule has 24 heavy (non-hydrogen) atoms. The van der Waals surface area contributed by atoms with Crippen LogP contribution in [-0.2, 0) is 4.74 Å². The fourth-order valence-electron chi connectivity index (χ4n) is 3.89. The molecule has 0 bridgehead atoms. The fourth-order valence-corrected chi connectivity index (χ4v) is 3.89. The number of aliphatic imine (C=N–C) groups is 1. The molecule has 1 aliphatic carbocycles. The topological polar surface area (TPSA) is 65.9 Å². The van der Waals surface area contributed by atoms with Crippen LogP contribution in [0.3, 0.4) is 0 Å². The zero-order valence-corrected chi connectivity index (χ0v) is 17.7. The minimum absolute atomic E-state index is 0. The van der Waals surface area contributed by atoms with Gasteiger partial charge in [0.2, 0.25) is 0 Å². The summed E-state index contributed by atoms with van der Waals surface area (Å²) in [5.74, 6) is 2.61. The third-order valence-corrected chi connectivity index (χ3v) is 5.78. The molecule has 0 amide bonds. The normalized spacial score (nSPS) is 30.7. The minimum atomic E-state index is 0. The van der Waals surface area contributed by atoms with Gasteiger partial charge in [0, 0.05) is 38.8 Å². The molecule has 3 N–H and O–H groups in total. The van der Waals surface area contributed by atoms with Crippen molar-refractivity contribution in [3.63, 3.8) is 0 Å². The van der Waals surface area contributed by atoms with Crippen LogP contribution in [0.4, 0.5) is 0 Å². The van der Waals surface area contributed by atoms with Gasteiger partial charge < -0.3 is 20.5 Å². The van der Waals surface area contributed by atoms with E-state index in [9.17, 15) is 5.11 Å². The van der Waals surface area contributed by atoms with E-state index in [0.29, 0.717) is 0 Å². The van der Waals surface area contributed by atoms with Gasteiger partial charge in [0.25, 0.3) is 0 Å². The first-order valence-electron chi connectivity index (χ1n) is 9.34. The summed E-state index contributed by atoms with van der Waals surface area (Å²) in [4.78, 5) is 4.35. The molecule has 0 aromatic heterocycles. The molecule has 0 spiro atoms. The average molecular weight is 453 g/mol. The van der Waals surface area contributed by atoms with Gasteiger partial charge in [-0.2, -0.15) is 0 Å². The van der Waals surface area contributed by atoms with Crippen molar-refractivity contribution in [2.45, 2.75) is 51.9 Å². The van der Waals surface area contributed by atoms with Gasteiger partial charge in [-0.3, -0.25) is 4.99 Å². The number of ether oxygens (including phenoxy) is 1. The number of rotatable bonds is 7. The van der Waals surface area contributed by atoms with E-state index in [1.807, 2.05) is 7.05 Å². The second-order valence-electron chi connectivity index (χ2n) is 7.38. The van der Waals surface area contributed by atoms with Crippen LogP contribution in [0, 0.1) is 17.3 Å². The Bertz CT molecular complexity index is 365. The number of hydrogen-bond acceptors (Lipinski definition) is 3. The Labute approximate surface area is 164 Å². The predicted molar refractivity (Wildman–Crippen MR) is 110 cm³/mol. The zero-order chi connectivity index (χ0) is 16.5. The Hall–Kier alpha value is -0.0800. The highest BCUT2D eigenvalue weighted by Gasteiger charge is 2.34. The van der Waals surface area contributed by atoms with Crippen LogP contribution >= 0.6 is 24.0 Å². The first-order chi connectivity index (χ1) is 11.2. The number of aliphatic hydroxyl groups is 1. The molecule has 2 aliphatic rings. The number of nitrogens with zero attached hydrogens (tertiary/aromatic N) is 1. The summed E-state index contributed by atoms with van der Waals surface area (Å²) in [7, 11) is 1.83. The Kier molecular flexibility index (Phi) is 10.5. The summed E-state index contributed by atoms with van der Waals surface area (Å²) in [6.07, 6.45) is 8.57. The van der Waals surface area contributed by atoms with Crippen molar-refractivity contribution < 1.29 is 9.84 Å².